The smallest absolute Gasteiger partial charge is 0.254 e. The van der Waals surface area contributed by atoms with E-state index in [4.69, 9.17) is 20.3 Å². The molecular weight excluding hydrogens is 1170 g/mol. The maximum atomic E-state index is 13.2. The van der Waals surface area contributed by atoms with Crippen molar-refractivity contribution in [3.63, 3.8) is 0 Å². The molecule has 0 spiro atoms. The van der Waals surface area contributed by atoms with Crippen LogP contribution in [0, 0.1) is 24.2 Å². The van der Waals surface area contributed by atoms with Crippen molar-refractivity contribution in [2.75, 3.05) is 38.9 Å². The Balaban J connectivity index is 0.000000442. The lowest BCUT2D eigenvalue weighted by Gasteiger charge is -2.23. The van der Waals surface area contributed by atoms with E-state index in [2.05, 4.69) is 188 Å². The molecule has 0 unspecified atom stereocenters. The summed E-state index contributed by atoms with van der Waals surface area (Å²) in [4.78, 5) is 46.2. The Hall–Kier alpha value is -8.80. The first-order chi connectivity index (χ1) is 45.6. The van der Waals surface area contributed by atoms with Crippen LogP contribution in [0.4, 0.5) is 5.69 Å². The molecule has 11 nitrogen and oxygen atoms in total. The Labute approximate surface area is 573 Å². The fraction of sp³-hybridized carbons (Fsp3) is 0.369. The number of Topliss-reactive ketones (excluding diaryl/α,β-unsaturated/α-hetero) is 1. The van der Waals surface area contributed by atoms with E-state index in [1.54, 1.807) is 29.2 Å². The standard InChI is InChI=1S/C41H49N2O3.C34H44N4O2.C7H8.C2H6.2H2/c1-7-25-46-38-24-21-34(27-35(38)28-37(44)32-19-20-32)33-13-9-11-31(26-33)12-10-14-39(42)43(8-2)40(45)29(3)15-16-30-17-22-36(23-18-30)41(4,5)6;1-6-38(33(39)16-8-7-11-26-17-19-29(20-18-26)34(2,3)4)32(35)15-10-13-27-12-9-14-28(23-27)31-22-21-30(24-36-31)37-25-40-5;1-7-5-3-2-4-6-7;1-2;;/h9,11,13,17-24,26-27,42H,3,7-8,10,12,14-16,25,28H2,1-2,4-6H3;8-9,12,14,16-24,35,37H,6-7,10-11,13,15,25H2,1-5H3;2-6H,1H3;1-2H3;2*1H/b;16-8+,35-32?;;;;. The highest BCUT2D eigenvalue weighted by Gasteiger charge is 2.22. The number of carbonyl (C=O) groups is 3. The number of allylic oxidation sites excluding steroid dienone is 3. The number of benzene rings is 6. The third-order valence-electron chi connectivity index (χ3n) is 16.2. The molecule has 1 radical (unpaired) electrons. The number of methoxy groups -OCH3 is 1. The van der Waals surface area contributed by atoms with Gasteiger partial charge in [-0.15, -0.1) is 0 Å². The minimum atomic E-state index is -0.155. The highest BCUT2D eigenvalue weighted by molar-refractivity contribution is 6.05. The zero-order chi connectivity index (χ0) is 69.3. The molecule has 507 valence electrons. The number of nitrogens with one attached hydrogen (secondary N) is 3. The highest BCUT2D eigenvalue weighted by Crippen LogP contribution is 2.31. The van der Waals surface area contributed by atoms with Gasteiger partial charge in [0.1, 0.15) is 24.2 Å². The van der Waals surface area contributed by atoms with E-state index in [-0.39, 0.29) is 31.3 Å². The molecule has 11 heteroatoms. The van der Waals surface area contributed by atoms with Crippen molar-refractivity contribution in [1.29, 1.82) is 10.8 Å². The van der Waals surface area contributed by atoms with Gasteiger partial charge in [0.15, 0.2) is 5.78 Å². The van der Waals surface area contributed by atoms with E-state index < -0.39 is 0 Å². The molecule has 7 aromatic rings. The van der Waals surface area contributed by atoms with Gasteiger partial charge in [-0.1, -0.05) is 214 Å². The molecule has 1 heterocycles. The van der Waals surface area contributed by atoms with Crippen LogP contribution < -0.4 is 10.1 Å². The number of carbonyl (C=O) groups excluding carboxylic acids is 3. The summed E-state index contributed by atoms with van der Waals surface area (Å²) in [6.45, 7) is 31.3. The lowest BCUT2D eigenvalue weighted by molar-refractivity contribution is -0.124. The van der Waals surface area contributed by atoms with Crippen LogP contribution in [0.2, 0.25) is 0 Å². The van der Waals surface area contributed by atoms with E-state index in [9.17, 15) is 14.4 Å². The monoisotopic (exact) mass is 1280 g/mol. The molecule has 0 saturated carbocycles. The molecule has 95 heavy (non-hydrogen) atoms. The topological polar surface area (TPSA) is 149 Å². The summed E-state index contributed by atoms with van der Waals surface area (Å²) in [5.41, 5.74) is 16.2. The van der Waals surface area contributed by atoms with Gasteiger partial charge >= 0.3 is 0 Å². The number of likely N-dealkylation sites (N-methyl/N-ethyl adjacent to an activating group) is 2. The fourth-order valence-corrected chi connectivity index (χ4v) is 10.5. The Bertz CT molecular complexity index is 3620. The number of ketones is 1. The molecule has 0 bridgehead atoms. The average Bonchev–Trinajstić information content (AvgIpc) is 1.76. The van der Waals surface area contributed by atoms with Crippen LogP contribution in [0.5, 0.6) is 5.75 Å². The number of hydrogen-bond donors (Lipinski definition) is 3. The Morgan fingerprint density at radius 3 is 1.71 bits per heavy atom. The molecule has 3 N–H and O–H groups in total. The Morgan fingerprint density at radius 2 is 1.19 bits per heavy atom. The Morgan fingerprint density at radius 1 is 0.632 bits per heavy atom. The summed E-state index contributed by atoms with van der Waals surface area (Å²) in [6.07, 6.45) is 17.5. The van der Waals surface area contributed by atoms with Crippen LogP contribution in [0.1, 0.15) is 168 Å². The summed E-state index contributed by atoms with van der Waals surface area (Å²) in [6, 6.07) is 54.4. The van der Waals surface area contributed by atoms with Gasteiger partial charge in [0.05, 0.1) is 24.2 Å². The largest absolute Gasteiger partial charge is 0.493 e. The summed E-state index contributed by atoms with van der Waals surface area (Å²) in [7, 11) is 1.65. The van der Waals surface area contributed by atoms with Gasteiger partial charge in [0, 0.05) is 65.4 Å². The molecule has 2 amide bonds. The summed E-state index contributed by atoms with van der Waals surface area (Å²) in [5.74, 6) is 1.31. The number of anilines is 1. The second-order valence-electron chi connectivity index (χ2n) is 25.8. The van der Waals surface area contributed by atoms with Crippen molar-refractivity contribution in [3.8, 4) is 28.1 Å². The van der Waals surface area contributed by atoms with Crippen molar-refractivity contribution in [2.45, 2.75) is 171 Å². The van der Waals surface area contributed by atoms with Crippen molar-refractivity contribution < 1.29 is 26.7 Å². The van der Waals surface area contributed by atoms with Gasteiger partial charge in [-0.3, -0.25) is 40.0 Å². The van der Waals surface area contributed by atoms with E-state index >= 15 is 0 Å². The van der Waals surface area contributed by atoms with Gasteiger partial charge < -0.3 is 14.8 Å². The van der Waals surface area contributed by atoms with Gasteiger partial charge in [0.25, 0.3) is 11.8 Å². The van der Waals surface area contributed by atoms with Crippen molar-refractivity contribution in [3.05, 3.63) is 251 Å². The molecule has 0 aliphatic heterocycles. The number of aromatic nitrogens is 1. The van der Waals surface area contributed by atoms with Crippen LogP contribution in [-0.2, 0) is 62.1 Å². The second kappa shape index (κ2) is 39.8. The first kappa shape index (κ1) is 76.9. The van der Waals surface area contributed by atoms with Gasteiger partial charge in [-0.05, 0) is 176 Å². The van der Waals surface area contributed by atoms with Crippen LogP contribution in [0.3, 0.4) is 0 Å². The number of pyridine rings is 1. The fourth-order valence-electron chi connectivity index (χ4n) is 10.5. The maximum absolute atomic E-state index is 13.2. The van der Waals surface area contributed by atoms with E-state index in [0.717, 1.165) is 96.3 Å². The van der Waals surface area contributed by atoms with Crippen LogP contribution in [0.15, 0.2) is 200 Å². The first-order valence-corrected chi connectivity index (χ1v) is 34.1. The normalized spacial score (nSPS) is 11.5. The Kier molecular flexibility index (Phi) is 32.2. The molecule has 6 aromatic carbocycles. The molecule has 0 saturated heterocycles. The molecule has 1 aromatic heterocycles. The number of ether oxygens (including phenoxy) is 2. The first-order valence-electron chi connectivity index (χ1n) is 34.1. The van der Waals surface area contributed by atoms with Crippen LogP contribution in [-0.4, -0.2) is 77.6 Å². The maximum Gasteiger partial charge on any atom is 0.254 e. The number of amides is 2. The molecular formula is C84H111N6O5. The summed E-state index contributed by atoms with van der Waals surface area (Å²) >= 11 is 0. The van der Waals surface area contributed by atoms with Gasteiger partial charge in [-0.2, -0.15) is 0 Å². The number of amidine groups is 2. The molecule has 0 fully saturated rings. The number of rotatable bonds is 29. The van der Waals surface area contributed by atoms with Crippen molar-refractivity contribution >= 4 is 35.0 Å². The minimum absolute atomic E-state index is 0. The minimum Gasteiger partial charge on any atom is -0.493 e. The quantitative estimate of drug-likeness (QED) is 0.0183. The lowest BCUT2D eigenvalue weighted by Crippen LogP contribution is -2.37. The van der Waals surface area contributed by atoms with E-state index in [0.29, 0.717) is 69.4 Å². The van der Waals surface area contributed by atoms with E-state index in [1.807, 2.05) is 88.7 Å². The number of nitrogens with zero attached hydrogens (tertiary/aromatic N) is 3. The third kappa shape index (κ3) is 26.5. The van der Waals surface area contributed by atoms with E-state index in [1.165, 1.54) is 38.9 Å². The average molecular weight is 1280 g/mol. The zero-order valence-electron chi connectivity index (χ0n) is 59.3. The molecule has 1 aliphatic rings. The number of hydrogen-bond acceptors (Lipinski definition) is 9. The predicted octanol–water partition coefficient (Wildman–Crippen LogP) is 19.9. The predicted molar refractivity (Wildman–Crippen MR) is 402 cm³/mol. The lowest BCUT2D eigenvalue weighted by atomic mass is 9.86. The van der Waals surface area contributed by atoms with Gasteiger partial charge in [-0.25, -0.2) is 0 Å². The second-order valence-corrected chi connectivity index (χ2v) is 25.8. The molecule has 8 rings (SSSR count). The van der Waals surface area contributed by atoms with Crippen LogP contribution >= 0.6 is 0 Å². The van der Waals surface area contributed by atoms with Crippen molar-refractivity contribution in [2.24, 2.45) is 0 Å². The van der Waals surface area contributed by atoms with Crippen molar-refractivity contribution in [1.82, 2.24) is 14.8 Å². The third-order valence-corrected chi connectivity index (χ3v) is 16.2. The zero-order valence-corrected chi connectivity index (χ0v) is 59.3. The highest BCUT2D eigenvalue weighted by atomic mass is 16.5. The molecule has 0 atom stereocenters. The summed E-state index contributed by atoms with van der Waals surface area (Å²) < 4.78 is 11.0. The van der Waals surface area contributed by atoms with Gasteiger partial charge in [0.2, 0.25) is 0 Å². The summed E-state index contributed by atoms with van der Waals surface area (Å²) in [5, 5.41) is 20.3. The number of aryl methyl sites for hydroxylation is 5. The SMILES string of the molecule is C=C(CCc1ccc(C(C)(C)C)cc1)C(=O)N(CC)C(=N)CCCc1cccc(-c2ccc(OCCC)c(CC(=O)C3=C[CH]3)c2)c1.CC.CCN(C(=N)CCCc1cccc(-c2ccc(NCOC)cn2)c1)C(=O)/C=C/CCc1ccc(C(C)(C)C)cc1.Cc1ccccc1.[HH].[HH]. The molecule has 1 aliphatic carbocycles. The van der Waals surface area contributed by atoms with Crippen LogP contribution in [0.25, 0.3) is 22.4 Å².